The van der Waals surface area contributed by atoms with Gasteiger partial charge in [-0.05, 0) is 12.1 Å². The number of pyridine rings is 1. The van der Waals surface area contributed by atoms with E-state index in [1.807, 2.05) is 0 Å². The van der Waals surface area contributed by atoms with Crippen LogP contribution in [0.2, 0.25) is 0 Å². The van der Waals surface area contributed by atoms with Gasteiger partial charge in [0.15, 0.2) is 5.69 Å². The molecular weight excluding hydrogens is 198 g/mol. The zero-order valence-corrected chi connectivity index (χ0v) is 7.71. The molecule has 2 heterocycles. The molecule has 0 saturated heterocycles. The van der Waals surface area contributed by atoms with Gasteiger partial charge in [0.2, 0.25) is 0 Å². The van der Waals surface area contributed by atoms with Crippen LogP contribution in [-0.4, -0.2) is 25.6 Å². The number of imidazole rings is 1. The average molecular weight is 207 g/mol. The number of carboxylic acid groups (broad SMARTS) is 1. The van der Waals surface area contributed by atoms with Crippen molar-refractivity contribution < 1.29 is 15.0 Å². The molecule has 0 aliphatic heterocycles. The van der Waals surface area contributed by atoms with Crippen molar-refractivity contribution >= 4 is 11.5 Å². The summed E-state index contributed by atoms with van der Waals surface area (Å²) in [7, 11) is 0. The summed E-state index contributed by atoms with van der Waals surface area (Å²) in [6, 6.07) is 2.90. The largest absolute Gasteiger partial charge is 0.506 e. The van der Waals surface area contributed by atoms with Crippen molar-refractivity contribution in [3.63, 3.8) is 0 Å². The first-order valence-electron chi connectivity index (χ1n) is 4.27. The maximum absolute atomic E-state index is 10.8. The van der Waals surface area contributed by atoms with Crippen molar-refractivity contribution in [2.75, 3.05) is 0 Å². The normalized spacial score (nSPS) is 10.7. The van der Waals surface area contributed by atoms with Gasteiger partial charge in [0.25, 0.3) is 0 Å². The number of aromatic carboxylic acids is 1. The van der Waals surface area contributed by atoms with Gasteiger partial charge in [0.05, 0.1) is 18.3 Å². The lowest BCUT2D eigenvalue weighted by molar-refractivity contribution is 0.0693. The third-order valence-electron chi connectivity index (χ3n) is 2.08. The second kappa shape index (κ2) is 3.25. The minimum absolute atomic E-state index is 0.0338. The molecule has 0 aliphatic carbocycles. The van der Waals surface area contributed by atoms with Gasteiger partial charge in [0, 0.05) is 0 Å². The van der Waals surface area contributed by atoms with E-state index in [0.717, 1.165) is 0 Å². The van der Waals surface area contributed by atoms with Crippen LogP contribution in [0.25, 0.3) is 5.52 Å². The number of hydrogen-bond acceptors (Lipinski definition) is 4. The monoisotopic (exact) mass is 207 g/mol. The Morgan fingerprint density at radius 2 is 2.27 bits per heavy atom. The van der Waals surface area contributed by atoms with Crippen LogP contribution in [0.15, 0.2) is 18.3 Å². The number of nitrogens with zero attached hydrogens (tertiary/aromatic N) is 2. The molecule has 2 aromatic rings. The molecule has 2 rings (SSSR count). The summed E-state index contributed by atoms with van der Waals surface area (Å²) in [5.41, 5.74) is 5.78. The SMILES string of the molecule is NCc1nc(C(=O)O)c2ccc(O)cn12. The van der Waals surface area contributed by atoms with Crippen LogP contribution in [0.1, 0.15) is 16.3 Å². The van der Waals surface area contributed by atoms with Gasteiger partial charge in [-0.15, -0.1) is 0 Å². The predicted molar refractivity (Wildman–Crippen MR) is 51.7 cm³/mol. The summed E-state index contributed by atoms with van der Waals surface area (Å²) in [5, 5.41) is 18.1. The third kappa shape index (κ3) is 1.40. The lowest BCUT2D eigenvalue weighted by Gasteiger charge is -1.98. The maximum atomic E-state index is 10.8. The predicted octanol–water partition coefficient (Wildman–Crippen LogP) is 0.197. The summed E-state index contributed by atoms with van der Waals surface area (Å²) in [4.78, 5) is 14.7. The lowest BCUT2D eigenvalue weighted by atomic mass is 10.3. The van der Waals surface area contributed by atoms with E-state index < -0.39 is 5.97 Å². The molecule has 0 aliphatic rings. The molecule has 0 spiro atoms. The van der Waals surface area contributed by atoms with Crippen LogP contribution < -0.4 is 5.73 Å². The fraction of sp³-hybridized carbons (Fsp3) is 0.111. The zero-order chi connectivity index (χ0) is 11.0. The molecule has 0 radical (unpaired) electrons. The summed E-state index contributed by atoms with van der Waals surface area (Å²) in [6.45, 7) is 0.109. The van der Waals surface area contributed by atoms with Gasteiger partial charge in [-0.1, -0.05) is 0 Å². The summed E-state index contributed by atoms with van der Waals surface area (Å²) < 4.78 is 1.47. The van der Waals surface area contributed by atoms with Crippen molar-refractivity contribution in [3.05, 3.63) is 29.8 Å². The Bertz CT molecular complexity index is 533. The number of hydrogen-bond donors (Lipinski definition) is 3. The molecule has 0 saturated carbocycles. The van der Waals surface area contributed by atoms with Gasteiger partial charge in [-0.2, -0.15) is 0 Å². The highest BCUT2D eigenvalue weighted by atomic mass is 16.4. The first-order valence-corrected chi connectivity index (χ1v) is 4.27. The third-order valence-corrected chi connectivity index (χ3v) is 2.08. The van der Waals surface area contributed by atoms with Crippen LogP contribution in [0, 0.1) is 0 Å². The van der Waals surface area contributed by atoms with Gasteiger partial charge < -0.3 is 15.9 Å². The van der Waals surface area contributed by atoms with Gasteiger partial charge in [0.1, 0.15) is 11.6 Å². The number of nitrogens with two attached hydrogens (primary N) is 1. The Morgan fingerprint density at radius 3 is 2.87 bits per heavy atom. The second-order valence-electron chi connectivity index (χ2n) is 3.03. The minimum atomic E-state index is -1.11. The van der Waals surface area contributed by atoms with Gasteiger partial charge in [-0.25, -0.2) is 9.78 Å². The first kappa shape index (κ1) is 9.47. The van der Waals surface area contributed by atoms with E-state index in [1.54, 1.807) is 0 Å². The van der Waals surface area contributed by atoms with Gasteiger partial charge in [-0.3, -0.25) is 4.40 Å². The molecule has 0 unspecified atom stereocenters. The molecule has 0 aromatic carbocycles. The fourth-order valence-electron chi connectivity index (χ4n) is 1.44. The molecule has 4 N–H and O–H groups in total. The van der Waals surface area contributed by atoms with Crippen molar-refractivity contribution in [3.8, 4) is 5.75 Å². The number of aromatic nitrogens is 2. The Kier molecular flexibility index (Phi) is 2.05. The van der Waals surface area contributed by atoms with Gasteiger partial charge >= 0.3 is 5.97 Å². The first-order chi connectivity index (χ1) is 7.13. The molecule has 6 heteroatoms. The summed E-state index contributed by atoms with van der Waals surface area (Å²) >= 11 is 0. The standard InChI is InChI=1S/C9H9N3O3/c10-3-7-11-8(9(14)15)6-2-1-5(13)4-12(6)7/h1-2,4,13H,3,10H2,(H,14,15). The highest BCUT2D eigenvalue weighted by molar-refractivity contribution is 5.93. The Balaban J connectivity index is 2.81. The molecule has 2 aromatic heterocycles. The summed E-state index contributed by atoms with van der Waals surface area (Å²) in [6.07, 6.45) is 1.39. The molecule has 6 nitrogen and oxygen atoms in total. The maximum Gasteiger partial charge on any atom is 0.356 e. The summed E-state index contributed by atoms with van der Waals surface area (Å²) in [5.74, 6) is -0.678. The Labute approximate surface area is 84.6 Å². The second-order valence-corrected chi connectivity index (χ2v) is 3.03. The molecule has 78 valence electrons. The van der Waals surface area contributed by atoms with Crippen LogP contribution in [0.4, 0.5) is 0 Å². The van der Waals surface area contributed by atoms with E-state index in [9.17, 15) is 9.90 Å². The van der Waals surface area contributed by atoms with Crippen molar-refractivity contribution in [1.29, 1.82) is 0 Å². The van der Waals surface area contributed by atoms with Crippen molar-refractivity contribution in [1.82, 2.24) is 9.38 Å². The van der Waals surface area contributed by atoms with E-state index in [1.165, 1.54) is 22.7 Å². The zero-order valence-electron chi connectivity index (χ0n) is 7.71. The van der Waals surface area contributed by atoms with Crippen LogP contribution in [0.3, 0.4) is 0 Å². The van der Waals surface area contributed by atoms with Crippen molar-refractivity contribution in [2.45, 2.75) is 6.54 Å². The quantitative estimate of drug-likeness (QED) is 0.652. The highest BCUT2D eigenvalue weighted by Gasteiger charge is 2.15. The molecule has 15 heavy (non-hydrogen) atoms. The molecule has 0 amide bonds. The number of aromatic hydroxyl groups is 1. The lowest BCUT2D eigenvalue weighted by Crippen LogP contribution is -2.02. The Morgan fingerprint density at radius 1 is 1.53 bits per heavy atom. The topological polar surface area (TPSA) is 101 Å². The highest BCUT2D eigenvalue weighted by Crippen LogP contribution is 2.17. The molecular formula is C9H9N3O3. The number of carboxylic acids is 1. The number of rotatable bonds is 2. The number of carbonyl (C=O) groups is 1. The van der Waals surface area contributed by atoms with Crippen LogP contribution in [0.5, 0.6) is 5.75 Å². The van der Waals surface area contributed by atoms with E-state index in [-0.39, 0.29) is 18.0 Å². The van der Waals surface area contributed by atoms with Crippen molar-refractivity contribution in [2.24, 2.45) is 5.73 Å². The van der Waals surface area contributed by atoms with Crippen LogP contribution >= 0.6 is 0 Å². The smallest absolute Gasteiger partial charge is 0.356 e. The molecule has 0 fully saturated rings. The van der Waals surface area contributed by atoms with E-state index in [2.05, 4.69) is 4.98 Å². The molecule has 0 atom stereocenters. The molecule has 0 bridgehead atoms. The minimum Gasteiger partial charge on any atom is -0.506 e. The van der Waals surface area contributed by atoms with E-state index >= 15 is 0 Å². The average Bonchev–Trinajstić information content (AvgIpc) is 2.55. The van der Waals surface area contributed by atoms with Crippen LogP contribution in [-0.2, 0) is 6.54 Å². The number of fused-ring (bicyclic) bond motifs is 1. The fourth-order valence-corrected chi connectivity index (χ4v) is 1.44. The Hall–Kier alpha value is -2.08. The van der Waals surface area contributed by atoms with E-state index in [4.69, 9.17) is 10.8 Å². The van der Waals surface area contributed by atoms with E-state index in [0.29, 0.717) is 11.3 Å².